The minimum absolute atomic E-state index is 0.253. The van der Waals surface area contributed by atoms with Crippen molar-refractivity contribution in [3.63, 3.8) is 0 Å². The minimum Gasteiger partial charge on any atom is -0.395 e. The van der Waals surface area contributed by atoms with Crippen molar-refractivity contribution >= 4 is 0 Å². The molecule has 0 amide bonds. The van der Waals surface area contributed by atoms with Crippen LogP contribution in [0.5, 0.6) is 0 Å². The number of likely N-dealkylation sites (tertiary alicyclic amines) is 1. The van der Waals surface area contributed by atoms with Crippen molar-refractivity contribution < 1.29 is 5.11 Å². The van der Waals surface area contributed by atoms with Crippen LogP contribution in [0.4, 0.5) is 0 Å². The Hall–Kier alpha value is -0.120. The van der Waals surface area contributed by atoms with E-state index >= 15 is 0 Å². The SMILES string of the molecule is CCC1CC(N)CN(CCO)C1. The predicted molar refractivity (Wildman–Crippen MR) is 49.9 cm³/mol. The Morgan fingerprint density at radius 3 is 2.83 bits per heavy atom. The van der Waals surface area contributed by atoms with E-state index in [-0.39, 0.29) is 6.61 Å². The zero-order chi connectivity index (χ0) is 8.97. The molecule has 3 N–H and O–H groups in total. The molecule has 1 fully saturated rings. The molecule has 1 heterocycles. The summed E-state index contributed by atoms with van der Waals surface area (Å²) in [5, 5.41) is 8.78. The maximum Gasteiger partial charge on any atom is 0.0558 e. The third-order valence-electron chi connectivity index (χ3n) is 2.64. The number of nitrogens with two attached hydrogens (primary N) is 1. The zero-order valence-electron chi connectivity index (χ0n) is 7.87. The molecule has 0 aromatic rings. The predicted octanol–water partition coefficient (Wildman–Crippen LogP) is 0.0379. The van der Waals surface area contributed by atoms with Crippen molar-refractivity contribution in [3.8, 4) is 0 Å². The average molecular weight is 172 g/mol. The molecule has 2 unspecified atom stereocenters. The third-order valence-corrected chi connectivity index (χ3v) is 2.64. The van der Waals surface area contributed by atoms with Crippen LogP contribution in [0.1, 0.15) is 19.8 Å². The van der Waals surface area contributed by atoms with E-state index in [1.807, 2.05) is 0 Å². The van der Waals surface area contributed by atoms with E-state index in [0.717, 1.165) is 32.0 Å². The molecule has 12 heavy (non-hydrogen) atoms. The van der Waals surface area contributed by atoms with Crippen molar-refractivity contribution in [2.24, 2.45) is 11.7 Å². The largest absolute Gasteiger partial charge is 0.395 e. The van der Waals surface area contributed by atoms with Crippen LogP contribution in [0.3, 0.4) is 0 Å². The molecule has 0 spiro atoms. The summed E-state index contributed by atoms with van der Waals surface area (Å²) in [6.07, 6.45) is 2.36. The number of hydrogen-bond acceptors (Lipinski definition) is 3. The number of β-amino-alcohol motifs (C(OH)–C–C–N with tert-alkyl or cyclic N) is 1. The van der Waals surface area contributed by atoms with Crippen LogP contribution in [0.15, 0.2) is 0 Å². The Morgan fingerprint density at radius 1 is 1.50 bits per heavy atom. The van der Waals surface area contributed by atoms with Gasteiger partial charge in [-0.2, -0.15) is 0 Å². The Morgan fingerprint density at radius 2 is 2.25 bits per heavy atom. The van der Waals surface area contributed by atoms with E-state index in [4.69, 9.17) is 10.8 Å². The molecule has 1 saturated heterocycles. The summed E-state index contributed by atoms with van der Waals surface area (Å²) in [5.74, 6) is 0.736. The van der Waals surface area contributed by atoms with E-state index in [0.29, 0.717) is 6.04 Å². The molecule has 2 atom stereocenters. The third kappa shape index (κ3) is 2.73. The van der Waals surface area contributed by atoms with E-state index < -0.39 is 0 Å². The monoisotopic (exact) mass is 172 g/mol. The summed E-state index contributed by atoms with van der Waals surface area (Å²) in [6, 6.07) is 0.315. The van der Waals surface area contributed by atoms with Gasteiger partial charge in [0, 0.05) is 25.7 Å². The Labute approximate surface area is 74.5 Å². The smallest absolute Gasteiger partial charge is 0.0558 e. The molecule has 1 rings (SSSR count). The normalized spacial score (nSPS) is 32.2. The van der Waals surface area contributed by atoms with E-state index in [2.05, 4.69) is 11.8 Å². The highest BCUT2D eigenvalue weighted by atomic mass is 16.3. The van der Waals surface area contributed by atoms with Gasteiger partial charge in [-0.05, 0) is 12.3 Å². The van der Waals surface area contributed by atoms with Crippen LogP contribution in [0, 0.1) is 5.92 Å². The highest BCUT2D eigenvalue weighted by Crippen LogP contribution is 2.17. The molecule has 0 radical (unpaired) electrons. The number of aliphatic hydroxyl groups excluding tert-OH is 1. The van der Waals surface area contributed by atoms with Gasteiger partial charge in [-0.25, -0.2) is 0 Å². The lowest BCUT2D eigenvalue weighted by Crippen LogP contribution is -2.47. The molecule has 0 aromatic carbocycles. The molecular formula is C9H20N2O. The van der Waals surface area contributed by atoms with E-state index in [1.165, 1.54) is 6.42 Å². The molecule has 0 aromatic heterocycles. The van der Waals surface area contributed by atoms with Gasteiger partial charge >= 0.3 is 0 Å². The first-order valence-electron chi connectivity index (χ1n) is 4.85. The van der Waals surface area contributed by atoms with Crippen molar-refractivity contribution in [1.29, 1.82) is 0 Å². The van der Waals surface area contributed by atoms with Crippen LogP contribution in [-0.2, 0) is 0 Å². The van der Waals surface area contributed by atoms with Crippen molar-refractivity contribution in [3.05, 3.63) is 0 Å². The summed E-state index contributed by atoms with van der Waals surface area (Å²) in [6.45, 7) is 5.31. The average Bonchev–Trinajstić information content (AvgIpc) is 2.04. The van der Waals surface area contributed by atoms with Crippen LogP contribution in [-0.4, -0.2) is 42.3 Å². The first kappa shape index (κ1) is 9.96. The number of aliphatic hydroxyl groups is 1. The van der Waals surface area contributed by atoms with Gasteiger partial charge in [0.2, 0.25) is 0 Å². The standard InChI is InChI=1S/C9H20N2O/c1-2-8-5-9(10)7-11(6-8)3-4-12/h8-9,12H,2-7,10H2,1H3. The van der Waals surface area contributed by atoms with Crippen LogP contribution < -0.4 is 5.73 Å². The summed E-state index contributed by atoms with van der Waals surface area (Å²) in [5.41, 5.74) is 5.90. The first-order valence-corrected chi connectivity index (χ1v) is 4.85. The van der Waals surface area contributed by atoms with Crippen molar-refractivity contribution in [2.75, 3.05) is 26.2 Å². The zero-order valence-corrected chi connectivity index (χ0v) is 7.87. The molecule has 3 nitrogen and oxygen atoms in total. The molecule has 0 bridgehead atoms. The molecule has 1 aliphatic heterocycles. The van der Waals surface area contributed by atoms with Gasteiger partial charge < -0.3 is 10.8 Å². The van der Waals surface area contributed by atoms with Gasteiger partial charge in [0.05, 0.1) is 6.61 Å². The Bertz CT molecular complexity index is 130. The van der Waals surface area contributed by atoms with Gasteiger partial charge in [0.1, 0.15) is 0 Å². The number of hydrogen-bond donors (Lipinski definition) is 2. The summed E-state index contributed by atoms with van der Waals surface area (Å²) in [4.78, 5) is 2.27. The highest BCUT2D eigenvalue weighted by molar-refractivity contribution is 4.80. The maximum atomic E-state index is 8.78. The molecule has 72 valence electrons. The lowest BCUT2D eigenvalue weighted by atomic mass is 9.93. The lowest BCUT2D eigenvalue weighted by molar-refractivity contribution is 0.125. The van der Waals surface area contributed by atoms with Gasteiger partial charge in [-0.3, -0.25) is 4.90 Å². The molecular weight excluding hydrogens is 152 g/mol. The fourth-order valence-electron chi connectivity index (χ4n) is 1.97. The van der Waals surface area contributed by atoms with Gasteiger partial charge in [0.25, 0.3) is 0 Å². The van der Waals surface area contributed by atoms with Gasteiger partial charge in [-0.15, -0.1) is 0 Å². The number of piperidine rings is 1. The van der Waals surface area contributed by atoms with Crippen molar-refractivity contribution in [1.82, 2.24) is 4.90 Å². The summed E-state index contributed by atoms with van der Waals surface area (Å²) >= 11 is 0. The molecule has 1 aliphatic rings. The Balaban J connectivity index is 2.34. The highest BCUT2D eigenvalue weighted by Gasteiger charge is 2.22. The second-order valence-electron chi connectivity index (χ2n) is 3.75. The second-order valence-corrected chi connectivity index (χ2v) is 3.75. The topological polar surface area (TPSA) is 49.5 Å². The summed E-state index contributed by atoms with van der Waals surface area (Å²) < 4.78 is 0. The van der Waals surface area contributed by atoms with Gasteiger partial charge in [-0.1, -0.05) is 13.3 Å². The van der Waals surface area contributed by atoms with Crippen molar-refractivity contribution in [2.45, 2.75) is 25.8 Å². The maximum absolute atomic E-state index is 8.78. The quantitative estimate of drug-likeness (QED) is 0.632. The fraction of sp³-hybridized carbons (Fsp3) is 1.00. The van der Waals surface area contributed by atoms with Gasteiger partial charge in [0.15, 0.2) is 0 Å². The van der Waals surface area contributed by atoms with E-state index in [1.54, 1.807) is 0 Å². The fourth-order valence-corrected chi connectivity index (χ4v) is 1.97. The molecule has 0 aliphatic carbocycles. The lowest BCUT2D eigenvalue weighted by Gasteiger charge is -2.35. The number of rotatable bonds is 3. The van der Waals surface area contributed by atoms with Crippen LogP contribution in [0.25, 0.3) is 0 Å². The molecule has 0 saturated carbocycles. The molecule has 3 heteroatoms. The first-order chi connectivity index (χ1) is 5.76. The second kappa shape index (κ2) is 4.80. The van der Waals surface area contributed by atoms with Crippen LogP contribution >= 0.6 is 0 Å². The number of nitrogens with zero attached hydrogens (tertiary/aromatic N) is 1. The summed E-state index contributed by atoms with van der Waals surface area (Å²) in [7, 11) is 0. The van der Waals surface area contributed by atoms with Crippen LogP contribution in [0.2, 0.25) is 0 Å². The van der Waals surface area contributed by atoms with E-state index in [9.17, 15) is 0 Å². The minimum atomic E-state index is 0.253. The Kier molecular flexibility index (Phi) is 3.98.